The van der Waals surface area contributed by atoms with Crippen LogP contribution in [-0.2, 0) is 14.3 Å². The minimum absolute atomic E-state index is 0.167. The predicted octanol–water partition coefficient (Wildman–Crippen LogP) is 8.76. The fourth-order valence-electron chi connectivity index (χ4n) is 7.78. The molecule has 1 amide bonds. The summed E-state index contributed by atoms with van der Waals surface area (Å²) in [5.74, 6) is -0.167. The molecule has 0 saturated carbocycles. The quantitative estimate of drug-likeness (QED) is 0.0300. The largest absolute Gasteiger partial charge is 0.394 e. The van der Waals surface area contributed by atoms with E-state index in [4.69, 9.17) is 9.47 Å². The third-order valence-corrected chi connectivity index (χ3v) is 11.7. The Morgan fingerprint density at radius 1 is 0.571 bits per heavy atom. The van der Waals surface area contributed by atoms with Crippen LogP contribution in [0.1, 0.15) is 219 Å². The van der Waals surface area contributed by atoms with Gasteiger partial charge in [0, 0.05) is 13.0 Å². The maximum Gasteiger partial charge on any atom is 0.220 e. The van der Waals surface area contributed by atoms with Gasteiger partial charge in [-0.25, -0.2) is 0 Å². The van der Waals surface area contributed by atoms with Crippen LogP contribution in [0, 0.1) is 0 Å². The predicted molar refractivity (Wildman–Crippen MR) is 230 cm³/mol. The van der Waals surface area contributed by atoms with Crippen molar-refractivity contribution in [3.8, 4) is 0 Å². The molecule has 1 heterocycles. The van der Waals surface area contributed by atoms with Crippen LogP contribution in [0.15, 0.2) is 0 Å². The Hall–Kier alpha value is -0.850. The molecule has 56 heavy (non-hydrogen) atoms. The molecule has 10 heteroatoms. The van der Waals surface area contributed by atoms with Gasteiger partial charge in [0.15, 0.2) is 6.29 Å². The van der Waals surface area contributed by atoms with Gasteiger partial charge < -0.3 is 45.6 Å². The molecule has 0 radical (unpaired) electrons. The maximum absolute atomic E-state index is 13.0. The third kappa shape index (κ3) is 28.6. The molecule has 1 aliphatic heterocycles. The van der Waals surface area contributed by atoms with Crippen molar-refractivity contribution in [2.45, 2.75) is 262 Å². The topological polar surface area (TPSA) is 161 Å². The number of carbonyl (C=O) groups is 1. The van der Waals surface area contributed by atoms with Gasteiger partial charge in [0.25, 0.3) is 0 Å². The molecule has 7 atom stereocenters. The molecule has 0 aromatic carbocycles. The highest BCUT2D eigenvalue weighted by Gasteiger charge is 2.44. The average molecular weight is 801 g/mol. The first kappa shape index (κ1) is 53.2. The van der Waals surface area contributed by atoms with Crippen LogP contribution >= 0.6 is 0 Å². The summed E-state index contributed by atoms with van der Waals surface area (Å²) in [5.41, 5.74) is 0. The van der Waals surface area contributed by atoms with Gasteiger partial charge in [0.1, 0.15) is 24.4 Å². The van der Waals surface area contributed by atoms with Crippen molar-refractivity contribution in [3.63, 3.8) is 0 Å². The fourth-order valence-corrected chi connectivity index (χ4v) is 7.78. The van der Waals surface area contributed by atoms with Crippen molar-refractivity contribution in [1.82, 2.24) is 10.6 Å². The molecule has 7 N–H and O–H groups in total. The lowest BCUT2D eigenvalue weighted by molar-refractivity contribution is -0.302. The zero-order valence-corrected chi connectivity index (χ0v) is 36.5. The van der Waals surface area contributed by atoms with Crippen LogP contribution in [0.2, 0.25) is 0 Å². The Morgan fingerprint density at radius 2 is 0.964 bits per heavy atom. The van der Waals surface area contributed by atoms with Gasteiger partial charge in [-0.15, -0.1) is 0 Å². The van der Waals surface area contributed by atoms with Crippen molar-refractivity contribution >= 4 is 5.91 Å². The number of amides is 1. The average Bonchev–Trinajstić information content (AvgIpc) is 3.20. The number of ether oxygens (including phenoxy) is 2. The minimum Gasteiger partial charge on any atom is -0.394 e. The Kier molecular flexibility index (Phi) is 36.4. The Balaban J connectivity index is 2.27. The van der Waals surface area contributed by atoms with Crippen molar-refractivity contribution in [3.05, 3.63) is 0 Å². The van der Waals surface area contributed by atoms with Crippen molar-refractivity contribution in [2.24, 2.45) is 0 Å². The number of hydrogen-bond acceptors (Lipinski definition) is 9. The molecule has 334 valence electrons. The summed E-state index contributed by atoms with van der Waals surface area (Å²) in [6.07, 6.45) is 32.4. The molecule has 10 nitrogen and oxygen atoms in total. The first-order valence-corrected chi connectivity index (χ1v) is 24.0. The van der Waals surface area contributed by atoms with Crippen LogP contribution < -0.4 is 10.6 Å². The second-order valence-corrected chi connectivity index (χ2v) is 17.0. The highest BCUT2D eigenvalue weighted by molar-refractivity contribution is 5.76. The van der Waals surface area contributed by atoms with Crippen molar-refractivity contribution in [1.29, 1.82) is 0 Å². The second-order valence-electron chi connectivity index (χ2n) is 17.0. The van der Waals surface area contributed by atoms with Crippen LogP contribution in [0.25, 0.3) is 0 Å². The van der Waals surface area contributed by atoms with Gasteiger partial charge in [-0.1, -0.05) is 200 Å². The van der Waals surface area contributed by atoms with E-state index in [0.29, 0.717) is 6.42 Å². The number of unbranched alkanes of at least 4 members (excludes halogenated alkanes) is 29. The van der Waals surface area contributed by atoms with E-state index in [2.05, 4.69) is 24.5 Å². The van der Waals surface area contributed by atoms with Crippen molar-refractivity contribution < 1.29 is 39.8 Å². The summed E-state index contributed by atoms with van der Waals surface area (Å²) in [5, 5.41) is 57.6. The van der Waals surface area contributed by atoms with E-state index in [0.717, 1.165) is 38.6 Å². The second kappa shape index (κ2) is 38.4. The number of carbonyl (C=O) groups excluding carboxylic acids is 1. The zero-order chi connectivity index (χ0) is 40.9. The lowest BCUT2D eigenvalue weighted by Gasteiger charge is -2.40. The fraction of sp³-hybridized carbons (Fsp3) is 0.978. The van der Waals surface area contributed by atoms with E-state index in [-0.39, 0.29) is 19.1 Å². The monoisotopic (exact) mass is 801 g/mol. The summed E-state index contributed by atoms with van der Waals surface area (Å²) in [6.45, 7) is 4.83. The standard InChI is InChI=1S/C46H92N2O8/c1-3-5-7-9-11-13-15-17-18-19-20-21-22-23-24-26-28-30-32-34-42(51)48-39(38-55-46-45(54)44(53)43(52)41(37-49)56-46)40(50)36-47-35-33-31-29-27-25-16-14-12-10-8-6-4-2/h39-41,43-47,49-50,52-54H,3-38H2,1-2H3,(H,48,51)/t39-,40+,41+,43-,44-,45+,46+/m0/s1. The van der Waals surface area contributed by atoms with Gasteiger partial charge >= 0.3 is 0 Å². The number of nitrogens with one attached hydrogen (secondary N) is 2. The van der Waals surface area contributed by atoms with Crippen LogP contribution in [0.4, 0.5) is 0 Å². The van der Waals surface area contributed by atoms with Gasteiger partial charge in [-0.2, -0.15) is 0 Å². The SMILES string of the molecule is CCCCCCCCCCCCCCCCCCCCCC(=O)N[C@@H](CO[C@@H]1O[C@H](CO)[C@H](O)[C@H](O)[C@H]1O)[C@H](O)CNCCCCCCCCCCCCCC. The van der Waals surface area contributed by atoms with Crippen LogP contribution in [0.3, 0.4) is 0 Å². The minimum atomic E-state index is -1.56. The van der Waals surface area contributed by atoms with E-state index in [1.807, 2.05) is 0 Å². The highest BCUT2D eigenvalue weighted by atomic mass is 16.7. The van der Waals surface area contributed by atoms with Crippen molar-refractivity contribution in [2.75, 3.05) is 26.3 Å². The Morgan fingerprint density at radius 3 is 1.38 bits per heavy atom. The highest BCUT2D eigenvalue weighted by Crippen LogP contribution is 2.22. The summed E-state index contributed by atoms with van der Waals surface area (Å²) in [4.78, 5) is 13.0. The summed E-state index contributed by atoms with van der Waals surface area (Å²) in [6, 6.07) is -0.773. The lowest BCUT2D eigenvalue weighted by atomic mass is 9.99. The summed E-state index contributed by atoms with van der Waals surface area (Å²) < 4.78 is 11.2. The smallest absolute Gasteiger partial charge is 0.220 e. The number of rotatable bonds is 41. The summed E-state index contributed by atoms with van der Waals surface area (Å²) in [7, 11) is 0. The molecule has 0 aliphatic carbocycles. The van der Waals surface area contributed by atoms with Crippen LogP contribution in [0.5, 0.6) is 0 Å². The number of aliphatic hydroxyl groups is 5. The van der Waals surface area contributed by atoms with E-state index < -0.39 is 49.5 Å². The van der Waals surface area contributed by atoms with E-state index in [1.165, 1.54) is 167 Å². The van der Waals surface area contributed by atoms with Gasteiger partial charge in [0.05, 0.1) is 25.4 Å². The Bertz CT molecular complexity index is 852. The van der Waals surface area contributed by atoms with E-state index in [9.17, 15) is 30.3 Å². The summed E-state index contributed by atoms with van der Waals surface area (Å²) >= 11 is 0. The number of aliphatic hydroxyl groups excluding tert-OH is 5. The van der Waals surface area contributed by atoms with Gasteiger partial charge in [-0.3, -0.25) is 4.79 Å². The molecule has 1 rings (SSSR count). The lowest BCUT2D eigenvalue weighted by Crippen LogP contribution is -2.60. The molecule has 1 fully saturated rings. The maximum atomic E-state index is 13.0. The Labute approximate surface area is 344 Å². The van der Waals surface area contributed by atoms with Crippen LogP contribution in [-0.4, -0.2) is 101 Å². The molecule has 0 bridgehead atoms. The molecular weight excluding hydrogens is 709 g/mol. The molecule has 0 aromatic rings. The normalized spacial score (nSPS) is 21.0. The molecule has 0 unspecified atom stereocenters. The third-order valence-electron chi connectivity index (χ3n) is 11.7. The first-order chi connectivity index (χ1) is 27.3. The molecule has 1 aliphatic rings. The first-order valence-electron chi connectivity index (χ1n) is 24.0. The van der Waals surface area contributed by atoms with E-state index >= 15 is 0 Å². The molecule has 1 saturated heterocycles. The molecule has 0 aromatic heterocycles. The number of hydrogen-bond donors (Lipinski definition) is 7. The van der Waals surface area contributed by atoms with E-state index in [1.54, 1.807) is 0 Å². The molecule has 0 spiro atoms. The zero-order valence-electron chi connectivity index (χ0n) is 36.5. The van der Waals surface area contributed by atoms with Gasteiger partial charge in [0.2, 0.25) is 5.91 Å². The van der Waals surface area contributed by atoms with Gasteiger partial charge in [-0.05, 0) is 19.4 Å². The molecular formula is C46H92N2O8.